The van der Waals surface area contributed by atoms with Gasteiger partial charge in [0.25, 0.3) is 0 Å². The highest BCUT2D eigenvalue weighted by molar-refractivity contribution is 9.10. The average molecular weight is 317 g/mol. The van der Waals surface area contributed by atoms with Gasteiger partial charge in [-0.15, -0.1) is 0 Å². The normalized spacial score (nSPS) is 15.4. The highest BCUT2D eigenvalue weighted by Crippen LogP contribution is 2.27. The number of rotatable bonds is 0. The SMILES string of the molecule is CC(C)(C)OC(=O)N1CCn2nc(N)c(Br)c2C1. The molecule has 0 spiro atoms. The van der Waals surface area contributed by atoms with Gasteiger partial charge in [-0.2, -0.15) is 5.10 Å². The molecule has 2 heterocycles. The van der Waals surface area contributed by atoms with Crippen LogP contribution in [0.25, 0.3) is 0 Å². The third-order valence-electron chi connectivity index (χ3n) is 2.59. The molecule has 1 aliphatic heterocycles. The van der Waals surface area contributed by atoms with E-state index in [2.05, 4.69) is 21.0 Å². The van der Waals surface area contributed by atoms with E-state index in [-0.39, 0.29) is 6.09 Å². The maximum atomic E-state index is 12.0. The van der Waals surface area contributed by atoms with Gasteiger partial charge in [0.2, 0.25) is 0 Å². The second-order valence-corrected chi connectivity index (χ2v) is 6.06. The first-order valence-corrected chi connectivity index (χ1v) is 6.56. The summed E-state index contributed by atoms with van der Waals surface area (Å²) in [5, 5.41) is 4.19. The minimum Gasteiger partial charge on any atom is -0.444 e. The maximum absolute atomic E-state index is 12.0. The Bertz CT molecular complexity index is 478. The summed E-state index contributed by atoms with van der Waals surface area (Å²) in [7, 11) is 0. The summed E-state index contributed by atoms with van der Waals surface area (Å²) in [6.07, 6.45) is -0.305. The largest absolute Gasteiger partial charge is 0.444 e. The van der Waals surface area contributed by atoms with Crippen LogP contribution in [-0.4, -0.2) is 32.9 Å². The zero-order valence-corrected chi connectivity index (χ0v) is 12.3. The summed E-state index contributed by atoms with van der Waals surface area (Å²) in [5.41, 5.74) is 6.16. The zero-order chi connectivity index (χ0) is 13.5. The van der Waals surface area contributed by atoms with Crippen molar-refractivity contribution in [2.45, 2.75) is 39.5 Å². The molecule has 1 aliphatic rings. The molecule has 0 saturated heterocycles. The van der Waals surface area contributed by atoms with Gasteiger partial charge in [-0.3, -0.25) is 4.68 Å². The van der Waals surface area contributed by atoms with Gasteiger partial charge in [0.1, 0.15) is 5.60 Å². The second kappa shape index (κ2) is 4.46. The Hall–Kier alpha value is -1.24. The fourth-order valence-corrected chi connectivity index (χ4v) is 2.20. The minimum absolute atomic E-state index is 0.305. The standard InChI is InChI=1S/C11H17BrN4O2/c1-11(2,3)18-10(17)15-4-5-16-7(6-15)8(12)9(13)14-16/h4-6H2,1-3H3,(H2,13,14). The molecule has 1 aromatic heterocycles. The number of anilines is 1. The fraction of sp³-hybridized carbons (Fsp3) is 0.636. The van der Waals surface area contributed by atoms with Crippen molar-refractivity contribution in [2.24, 2.45) is 0 Å². The van der Waals surface area contributed by atoms with Crippen molar-refractivity contribution in [3.63, 3.8) is 0 Å². The molecule has 2 N–H and O–H groups in total. The molecule has 0 radical (unpaired) electrons. The van der Waals surface area contributed by atoms with Gasteiger partial charge < -0.3 is 15.4 Å². The molecule has 7 heteroatoms. The zero-order valence-electron chi connectivity index (χ0n) is 10.7. The van der Waals surface area contributed by atoms with Gasteiger partial charge >= 0.3 is 6.09 Å². The number of ether oxygens (including phenoxy) is 1. The van der Waals surface area contributed by atoms with Crippen molar-refractivity contribution in [2.75, 3.05) is 12.3 Å². The maximum Gasteiger partial charge on any atom is 0.410 e. The molecule has 0 fully saturated rings. The summed E-state index contributed by atoms with van der Waals surface area (Å²) < 4.78 is 7.93. The van der Waals surface area contributed by atoms with Crippen LogP contribution in [-0.2, 0) is 17.8 Å². The molecule has 6 nitrogen and oxygen atoms in total. The summed E-state index contributed by atoms with van der Waals surface area (Å²) in [6, 6.07) is 0. The highest BCUT2D eigenvalue weighted by Gasteiger charge is 2.28. The predicted molar refractivity (Wildman–Crippen MR) is 71.0 cm³/mol. The van der Waals surface area contributed by atoms with Crippen molar-refractivity contribution in [3.8, 4) is 0 Å². The first-order chi connectivity index (χ1) is 8.28. The number of hydrogen-bond acceptors (Lipinski definition) is 4. The van der Waals surface area contributed by atoms with Crippen LogP contribution >= 0.6 is 15.9 Å². The number of amides is 1. The van der Waals surface area contributed by atoms with Crippen molar-refractivity contribution >= 4 is 27.8 Å². The smallest absolute Gasteiger partial charge is 0.410 e. The number of carbonyl (C=O) groups is 1. The lowest BCUT2D eigenvalue weighted by molar-refractivity contribution is 0.0194. The van der Waals surface area contributed by atoms with Crippen LogP contribution in [0.3, 0.4) is 0 Å². The number of carbonyl (C=O) groups excluding carboxylic acids is 1. The lowest BCUT2D eigenvalue weighted by Crippen LogP contribution is -2.41. The molecular formula is C11H17BrN4O2. The summed E-state index contributed by atoms with van der Waals surface area (Å²) in [6.45, 7) is 7.23. The molecule has 0 aromatic carbocycles. The average Bonchev–Trinajstić information content (AvgIpc) is 2.52. The Kier molecular flexibility index (Phi) is 3.27. The molecule has 0 bridgehead atoms. The molecule has 0 aliphatic carbocycles. The van der Waals surface area contributed by atoms with Gasteiger partial charge in [-0.05, 0) is 36.7 Å². The first-order valence-electron chi connectivity index (χ1n) is 5.76. The molecule has 1 aromatic rings. The minimum atomic E-state index is -0.481. The number of fused-ring (bicyclic) bond motifs is 1. The van der Waals surface area contributed by atoms with Crippen LogP contribution in [0, 0.1) is 0 Å². The topological polar surface area (TPSA) is 73.4 Å². The molecule has 0 unspecified atom stereocenters. The molecular weight excluding hydrogens is 300 g/mol. The molecule has 100 valence electrons. The van der Waals surface area contributed by atoms with Gasteiger partial charge in [0.15, 0.2) is 5.82 Å². The Balaban J connectivity index is 2.12. The molecule has 1 amide bonds. The van der Waals surface area contributed by atoms with Crippen molar-refractivity contribution in [3.05, 3.63) is 10.2 Å². The molecule has 0 saturated carbocycles. The van der Waals surface area contributed by atoms with E-state index in [1.165, 1.54) is 0 Å². The van der Waals surface area contributed by atoms with E-state index in [9.17, 15) is 4.79 Å². The second-order valence-electron chi connectivity index (χ2n) is 5.27. The Morgan fingerprint density at radius 3 is 2.72 bits per heavy atom. The summed E-state index contributed by atoms with van der Waals surface area (Å²) in [5.74, 6) is 0.455. The van der Waals surface area contributed by atoms with Crippen molar-refractivity contribution in [1.82, 2.24) is 14.7 Å². The van der Waals surface area contributed by atoms with Crippen LogP contribution in [0.15, 0.2) is 4.47 Å². The number of halogens is 1. The summed E-state index contributed by atoms with van der Waals surface area (Å²) >= 11 is 3.39. The van der Waals surface area contributed by atoms with Crippen molar-refractivity contribution in [1.29, 1.82) is 0 Å². The van der Waals surface area contributed by atoms with E-state index < -0.39 is 5.60 Å². The fourth-order valence-electron chi connectivity index (χ4n) is 1.79. The van der Waals surface area contributed by atoms with Gasteiger partial charge in [0, 0.05) is 6.54 Å². The van der Waals surface area contributed by atoms with Gasteiger partial charge in [0.05, 0.1) is 23.3 Å². The van der Waals surface area contributed by atoms with Crippen LogP contribution < -0.4 is 5.73 Å². The summed E-state index contributed by atoms with van der Waals surface area (Å²) in [4.78, 5) is 13.6. The van der Waals surface area contributed by atoms with E-state index in [0.717, 1.165) is 10.2 Å². The van der Waals surface area contributed by atoms with Gasteiger partial charge in [-0.1, -0.05) is 0 Å². The highest BCUT2D eigenvalue weighted by atomic mass is 79.9. The predicted octanol–water partition coefficient (Wildman–Crippen LogP) is 1.98. The number of nitrogen functional groups attached to an aromatic ring is 1. The molecule has 0 atom stereocenters. The number of aromatic nitrogens is 2. The van der Waals surface area contributed by atoms with E-state index in [1.54, 1.807) is 4.90 Å². The monoisotopic (exact) mass is 316 g/mol. The molecule has 2 rings (SSSR count). The third-order valence-corrected chi connectivity index (χ3v) is 3.46. The van der Waals surface area contributed by atoms with Gasteiger partial charge in [-0.25, -0.2) is 4.79 Å². The number of nitrogens with two attached hydrogens (primary N) is 1. The van der Waals surface area contributed by atoms with Crippen LogP contribution in [0.1, 0.15) is 26.5 Å². The molecule has 18 heavy (non-hydrogen) atoms. The van der Waals surface area contributed by atoms with E-state index >= 15 is 0 Å². The van der Waals surface area contributed by atoms with Crippen LogP contribution in [0.4, 0.5) is 10.6 Å². The van der Waals surface area contributed by atoms with Crippen LogP contribution in [0.2, 0.25) is 0 Å². The van der Waals surface area contributed by atoms with Crippen LogP contribution in [0.5, 0.6) is 0 Å². The van der Waals surface area contributed by atoms with Crippen molar-refractivity contribution < 1.29 is 9.53 Å². The lowest BCUT2D eigenvalue weighted by Gasteiger charge is -2.30. The number of nitrogens with zero attached hydrogens (tertiary/aromatic N) is 3. The Morgan fingerprint density at radius 2 is 2.11 bits per heavy atom. The lowest BCUT2D eigenvalue weighted by atomic mass is 10.2. The quantitative estimate of drug-likeness (QED) is 0.794. The van der Waals surface area contributed by atoms with E-state index in [1.807, 2.05) is 25.5 Å². The first kappa shape index (κ1) is 13.2. The van der Waals surface area contributed by atoms with E-state index in [4.69, 9.17) is 10.5 Å². The Labute approximate surface area is 114 Å². The van der Waals surface area contributed by atoms with E-state index in [0.29, 0.717) is 25.5 Å². The number of hydrogen-bond donors (Lipinski definition) is 1. The third kappa shape index (κ3) is 2.60. The Morgan fingerprint density at radius 1 is 1.44 bits per heavy atom.